The minimum Gasteiger partial charge on any atom is -0.106 e. The highest BCUT2D eigenvalue weighted by Gasteiger charge is 2.07. The van der Waals surface area contributed by atoms with Crippen LogP contribution in [0.15, 0.2) is 13.2 Å². The average molecular weight is 128 g/mol. The van der Waals surface area contributed by atoms with Gasteiger partial charge < -0.3 is 0 Å². The first kappa shape index (κ1) is 11.5. The first-order valence-corrected chi connectivity index (χ1v) is 3.39. The van der Waals surface area contributed by atoms with Gasteiger partial charge in [-0.25, -0.2) is 0 Å². The van der Waals surface area contributed by atoms with Gasteiger partial charge in [0.25, 0.3) is 0 Å². The second kappa shape index (κ2) is 7.74. The molecule has 0 spiro atoms. The Kier molecular flexibility index (Phi) is 9.91. The first-order chi connectivity index (χ1) is 3.89. The summed E-state index contributed by atoms with van der Waals surface area (Å²) in [5.41, 5.74) is 0. The van der Waals surface area contributed by atoms with Crippen molar-refractivity contribution in [1.82, 2.24) is 0 Å². The zero-order valence-electron chi connectivity index (χ0n) is 5.82. The predicted octanol–water partition coefficient (Wildman–Crippen LogP) is 3.63. The van der Waals surface area contributed by atoms with Gasteiger partial charge in [0.2, 0.25) is 0 Å². The lowest BCUT2D eigenvalue weighted by atomic mass is 10.2. The van der Waals surface area contributed by atoms with Crippen LogP contribution < -0.4 is 0 Å². The monoisotopic (exact) mass is 128 g/mol. The molecule has 0 aromatic rings. The summed E-state index contributed by atoms with van der Waals surface area (Å²) in [7, 11) is 0. The normalized spacial score (nSPS) is 17.4. The molecule has 56 valence electrons. The molecule has 0 unspecified atom stereocenters. The lowest BCUT2D eigenvalue weighted by molar-refractivity contribution is 0.612. The van der Waals surface area contributed by atoms with E-state index in [-0.39, 0.29) is 7.43 Å². The van der Waals surface area contributed by atoms with Gasteiger partial charge in [0.15, 0.2) is 0 Å². The van der Waals surface area contributed by atoms with E-state index in [0.717, 1.165) is 5.92 Å². The molecule has 1 fully saturated rings. The maximum absolute atomic E-state index is 3.00. The second-order valence-corrected chi connectivity index (χ2v) is 2.39. The maximum atomic E-state index is 3.00. The van der Waals surface area contributed by atoms with Crippen molar-refractivity contribution in [2.24, 2.45) is 5.92 Å². The minimum atomic E-state index is 0. The first-order valence-electron chi connectivity index (χ1n) is 3.39. The molecule has 1 aliphatic carbocycles. The molecule has 0 radical (unpaired) electrons. The summed E-state index contributed by atoms with van der Waals surface area (Å²) >= 11 is 0. The van der Waals surface area contributed by atoms with Crippen LogP contribution in [-0.4, -0.2) is 0 Å². The van der Waals surface area contributed by atoms with Crippen LogP contribution in [0.1, 0.15) is 40.0 Å². The van der Waals surface area contributed by atoms with Gasteiger partial charge >= 0.3 is 0 Å². The van der Waals surface area contributed by atoms with E-state index in [1.807, 2.05) is 0 Å². The Morgan fingerprint density at radius 2 is 1.44 bits per heavy atom. The standard InChI is InChI=1S/C6H12.C2H4.CH4/c1-6-4-2-3-5-6;1-2;/h6H,2-5H2,1H3;1-2H2;1H4. The third-order valence-corrected chi connectivity index (χ3v) is 1.64. The van der Waals surface area contributed by atoms with Crippen molar-refractivity contribution in [3.8, 4) is 0 Å². The second-order valence-electron chi connectivity index (χ2n) is 2.39. The molecule has 0 heterocycles. The number of hydrogen-bond acceptors (Lipinski definition) is 0. The van der Waals surface area contributed by atoms with Gasteiger partial charge in [-0.05, 0) is 5.92 Å². The van der Waals surface area contributed by atoms with E-state index in [4.69, 9.17) is 0 Å². The summed E-state index contributed by atoms with van der Waals surface area (Å²) in [4.78, 5) is 0. The van der Waals surface area contributed by atoms with Crippen LogP contribution in [-0.2, 0) is 0 Å². The molecule has 0 N–H and O–H groups in total. The third kappa shape index (κ3) is 5.61. The van der Waals surface area contributed by atoms with E-state index in [1.165, 1.54) is 25.7 Å². The number of rotatable bonds is 0. The third-order valence-electron chi connectivity index (χ3n) is 1.64. The van der Waals surface area contributed by atoms with Gasteiger partial charge in [-0.1, -0.05) is 40.0 Å². The van der Waals surface area contributed by atoms with Crippen LogP contribution >= 0.6 is 0 Å². The van der Waals surface area contributed by atoms with Crippen LogP contribution in [0, 0.1) is 5.92 Å². The van der Waals surface area contributed by atoms with Crippen molar-refractivity contribution in [3.05, 3.63) is 13.2 Å². The summed E-state index contributed by atoms with van der Waals surface area (Å²) in [6, 6.07) is 0. The molecule has 0 aliphatic heterocycles. The van der Waals surface area contributed by atoms with E-state index in [1.54, 1.807) is 0 Å². The lowest BCUT2D eigenvalue weighted by Crippen LogP contribution is -1.78. The SMILES string of the molecule is C.C=C.CC1CCCC1. The van der Waals surface area contributed by atoms with Crippen molar-refractivity contribution in [1.29, 1.82) is 0 Å². The van der Waals surface area contributed by atoms with Crippen LogP contribution in [0.3, 0.4) is 0 Å². The van der Waals surface area contributed by atoms with Crippen molar-refractivity contribution in [2.45, 2.75) is 40.0 Å². The molecule has 9 heavy (non-hydrogen) atoms. The smallest absolute Gasteiger partial charge is 0.0443 e. The van der Waals surface area contributed by atoms with Crippen molar-refractivity contribution >= 4 is 0 Å². The molecule has 1 saturated carbocycles. The fourth-order valence-electron chi connectivity index (χ4n) is 1.13. The fraction of sp³-hybridized carbons (Fsp3) is 0.778. The van der Waals surface area contributed by atoms with Gasteiger partial charge in [-0.3, -0.25) is 0 Å². The summed E-state index contributed by atoms with van der Waals surface area (Å²) in [5.74, 6) is 1.05. The topological polar surface area (TPSA) is 0 Å². The Hall–Kier alpha value is -0.260. The van der Waals surface area contributed by atoms with Crippen LogP contribution in [0.5, 0.6) is 0 Å². The summed E-state index contributed by atoms with van der Waals surface area (Å²) < 4.78 is 0. The van der Waals surface area contributed by atoms with E-state index < -0.39 is 0 Å². The Balaban J connectivity index is 0. The highest BCUT2D eigenvalue weighted by atomic mass is 14.1. The maximum Gasteiger partial charge on any atom is -0.0443 e. The van der Waals surface area contributed by atoms with Gasteiger partial charge in [-0.15, -0.1) is 13.2 Å². The summed E-state index contributed by atoms with van der Waals surface area (Å²) in [5, 5.41) is 0. The average Bonchev–Trinajstić information content (AvgIpc) is 2.24. The molecule has 0 aromatic heterocycles. The van der Waals surface area contributed by atoms with Gasteiger partial charge in [0.05, 0.1) is 0 Å². The molecule has 0 saturated heterocycles. The Morgan fingerprint density at radius 1 is 1.11 bits per heavy atom. The minimum absolute atomic E-state index is 0. The highest BCUT2D eigenvalue weighted by Crippen LogP contribution is 2.22. The van der Waals surface area contributed by atoms with E-state index >= 15 is 0 Å². The highest BCUT2D eigenvalue weighted by molar-refractivity contribution is 4.60. The number of hydrogen-bond donors (Lipinski definition) is 0. The Labute approximate surface area is 60.0 Å². The van der Waals surface area contributed by atoms with Gasteiger partial charge in [0, 0.05) is 0 Å². The molecular formula is C9H20. The molecule has 1 aliphatic rings. The zero-order chi connectivity index (χ0) is 6.41. The fourth-order valence-corrected chi connectivity index (χ4v) is 1.13. The Morgan fingerprint density at radius 3 is 1.56 bits per heavy atom. The molecule has 0 amide bonds. The van der Waals surface area contributed by atoms with Crippen molar-refractivity contribution in [3.63, 3.8) is 0 Å². The molecule has 0 aromatic carbocycles. The van der Waals surface area contributed by atoms with E-state index in [0.29, 0.717) is 0 Å². The zero-order valence-corrected chi connectivity index (χ0v) is 5.82. The quantitative estimate of drug-likeness (QED) is 0.437. The largest absolute Gasteiger partial charge is 0.106 e. The van der Waals surface area contributed by atoms with Crippen molar-refractivity contribution in [2.75, 3.05) is 0 Å². The molecule has 0 bridgehead atoms. The summed E-state index contributed by atoms with van der Waals surface area (Å²) in [6.45, 7) is 8.34. The van der Waals surface area contributed by atoms with E-state index in [2.05, 4.69) is 20.1 Å². The molecule has 1 rings (SSSR count). The van der Waals surface area contributed by atoms with Gasteiger partial charge in [0.1, 0.15) is 0 Å². The molecule has 0 heteroatoms. The molecule has 0 atom stereocenters. The van der Waals surface area contributed by atoms with Crippen LogP contribution in [0.4, 0.5) is 0 Å². The van der Waals surface area contributed by atoms with Crippen molar-refractivity contribution < 1.29 is 0 Å². The van der Waals surface area contributed by atoms with Crippen LogP contribution in [0.25, 0.3) is 0 Å². The van der Waals surface area contributed by atoms with Crippen LogP contribution in [0.2, 0.25) is 0 Å². The lowest BCUT2D eigenvalue weighted by Gasteiger charge is -1.91. The Bertz CT molecular complexity index is 42.0. The predicted molar refractivity (Wildman–Crippen MR) is 45.6 cm³/mol. The van der Waals surface area contributed by atoms with Gasteiger partial charge in [-0.2, -0.15) is 0 Å². The molecular weight excluding hydrogens is 108 g/mol. The molecule has 0 nitrogen and oxygen atoms in total. The van der Waals surface area contributed by atoms with E-state index in [9.17, 15) is 0 Å². The summed E-state index contributed by atoms with van der Waals surface area (Å²) in [6.07, 6.45) is 5.95.